The zero-order valence-electron chi connectivity index (χ0n) is 11.1. The van der Waals surface area contributed by atoms with Crippen LogP contribution in [0.3, 0.4) is 0 Å². The number of nitrogens with one attached hydrogen (secondary N) is 1. The zero-order chi connectivity index (χ0) is 12.5. The highest BCUT2D eigenvalue weighted by molar-refractivity contribution is 5.02. The Morgan fingerprint density at radius 1 is 1.41 bits per heavy atom. The molecule has 5 nitrogen and oxygen atoms in total. The third-order valence-electron chi connectivity index (χ3n) is 2.69. The Bertz CT molecular complexity index is 292. The SMILES string of the molecule is CCCNC(CCOC)c1cnnn1CCC. The quantitative estimate of drug-likeness (QED) is 0.714. The van der Waals surface area contributed by atoms with Crippen LogP contribution >= 0.6 is 0 Å². The molecule has 1 rings (SSSR count). The average Bonchev–Trinajstić information content (AvgIpc) is 2.78. The number of rotatable bonds is 9. The van der Waals surface area contributed by atoms with E-state index in [1.165, 1.54) is 0 Å². The van der Waals surface area contributed by atoms with Gasteiger partial charge in [0.25, 0.3) is 0 Å². The van der Waals surface area contributed by atoms with E-state index in [1.807, 2.05) is 10.9 Å². The fourth-order valence-electron chi connectivity index (χ4n) is 1.83. The minimum absolute atomic E-state index is 0.288. The summed E-state index contributed by atoms with van der Waals surface area (Å²) in [6.45, 7) is 6.99. The normalized spacial score (nSPS) is 12.9. The number of aromatic nitrogens is 3. The fourth-order valence-corrected chi connectivity index (χ4v) is 1.83. The summed E-state index contributed by atoms with van der Waals surface area (Å²) in [5.41, 5.74) is 1.16. The Hall–Kier alpha value is -0.940. The Balaban J connectivity index is 2.68. The van der Waals surface area contributed by atoms with Crippen molar-refractivity contribution in [2.24, 2.45) is 0 Å². The van der Waals surface area contributed by atoms with Gasteiger partial charge in [0, 0.05) is 20.3 Å². The Kier molecular flexibility index (Phi) is 6.81. The molecule has 17 heavy (non-hydrogen) atoms. The molecule has 0 aliphatic rings. The van der Waals surface area contributed by atoms with Crippen molar-refractivity contribution in [1.82, 2.24) is 20.3 Å². The van der Waals surface area contributed by atoms with Gasteiger partial charge in [0.1, 0.15) is 0 Å². The Labute approximate surface area is 104 Å². The molecule has 1 aromatic heterocycles. The van der Waals surface area contributed by atoms with E-state index in [4.69, 9.17) is 4.74 Å². The maximum absolute atomic E-state index is 5.16. The molecule has 5 heteroatoms. The number of ether oxygens (including phenoxy) is 1. The van der Waals surface area contributed by atoms with Crippen molar-refractivity contribution in [3.63, 3.8) is 0 Å². The summed E-state index contributed by atoms with van der Waals surface area (Å²) in [7, 11) is 1.73. The van der Waals surface area contributed by atoms with Crippen LogP contribution in [0.4, 0.5) is 0 Å². The molecule has 1 atom stereocenters. The summed E-state index contributed by atoms with van der Waals surface area (Å²) >= 11 is 0. The molecule has 1 heterocycles. The molecule has 0 bridgehead atoms. The number of methoxy groups -OCH3 is 1. The van der Waals surface area contributed by atoms with Gasteiger partial charge in [-0.25, -0.2) is 4.68 Å². The van der Waals surface area contributed by atoms with Gasteiger partial charge >= 0.3 is 0 Å². The van der Waals surface area contributed by atoms with E-state index in [0.29, 0.717) is 0 Å². The van der Waals surface area contributed by atoms with Crippen LogP contribution in [0.5, 0.6) is 0 Å². The molecule has 0 amide bonds. The first-order valence-corrected chi connectivity index (χ1v) is 6.44. The van der Waals surface area contributed by atoms with Crippen LogP contribution in [-0.2, 0) is 11.3 Å². The molecule has 0 spiro atoms. The molecule has 0 aromatic carbocycles. The lowest BCUT2D eigenvalue weighted by atomic mass is 10.1. The van der Waals surface area contributed by atoms with Gasteiger partial charge in [0.15, 0.2) is 0 Å². The molecule has 1 N–H and O–H groups in total. The minimum Gasteiger partial charge on any atom is -0.385 e. The van der Waals surface area contributed by atoms with Crippen LogP contribution in [0.15, 0.2) is 6.20 Å². The third kappa shape index (κ3) is 4.44. The zero-order valence-corrected chi connectivity index (χ0v) is 11.1. The molecule has 0 aliphatic carbocycles. The van der Waals surface area contributed by atoms with Crippen molar-refractivity contribution < 1.29 is 4.74 Å². The standard InChI is InChI=1S/C12H24N4O/c1-4-7-13-11(6-9-17-3)12-10-14-15-16(12)8-5-2/h10-11,13H,4-9H2,1-3H3. The summed E-state index contributed by atoms with van der Waals surface area (Å²) in [5, 5.41) is 11.7. The van der Waals surface area contributed by atoms with Gasteiger partial charge in [-0.05, 0) is 25.8 Å². The summed E-state index contributed by atoms with van der Waals surface area (Å²) in [6, 6.07) is 0.288. The Morgan fingerprint density at radius 2 is 2.24 bits per heavy atom. The first-order valence-electron chi connectivity index (χ1n) is 6.44. The maximum Gasteiger partial charge on any atom is 0.0757 e. The van der Waals surface area contributed by atoms with E-state index in [1.54, 1.807) is 7.11 Å². The van der Waals surface area contributed by atoms with Crippen LogP contribution < -0.4 is 5.32 Å². The molecule has 0 saturated carbocycles. The first kappa shape index (κ1) is 14.1. The minimum atomic E-state index is 0.288. The van der Waals surface area contributed by atoms with Gasteiger partial charge in [-0.1, -0.05) is 19.1 Å². The lowest BCUT2D eigenvalue weighted by Crippen LogP contribution is -2.26. The second kappa shape index (κ2) is 8.20. The van der Waals surface area contributed by atoms with Crippen LogP contribution in [0, 0.1) is 0 Å². The van der Waals surface area contributed by atoms with Crippen LogP contribution in [0.2, 0.25) is 0 Å². The van der Waals surface area contributed by atoms with Gasteiger partial charge in [0.05, 0.1) is 17.9 Å². The van der Waals surface area contributed by atoms with Crippen molar-refractivity contribution in [3.8, 4) is 0 Å². The summed E-state index contributed by atoms with van der Waals surface area (Å²) in [5.74, 6) is 0. The highest BCUT2D eigenvalue weighted by Gasteiger charge is 2.15. The predicted octanol–water partition coefficient (Wildman–Crippen LogP) is 1.77. The van der Waals surface area contributed by atoms with E-state index < -0.39 is 0 Å². The topological polar surface area (TPSA) is 52.0 Å². The molecule has 1 unspecified atom stereocenters. The number of hydrogen-bond acceptors (Lipinski definition) is 4. The van der Waals surface area contributed by atoms with E-state index in [2.05, 4.69) is 29.5 Å². The van der Waals surface area contributed by atoms with E-state index in [-0.39, 0.29) is 6.04 Å². The van der Waals surface area contributed by atoms with E-state index in [0.717, 1.165) is 44.7 Å². The number of hydrogen-bond donors (Lipinski definition) is 1. The Morgan fingerprint density at radius 3 is 2.88 bits per heavy atom. The van der Waals surface area contributed by atoms with Crippen molar-refractivity contribution in [2.75, 3.05) is 20.3 Å². The number of aryl methyl sites for hydroxylation is 1. The van der Waals surface area contributed by atoms with Gasteiger partial charge < -0.3 is 10.1 Å². The van der Waals surface area contributed by atoms with Crippen molar-refractivity contribution in [2.45, 2.75) is 45.7 Å². The third-order valence-corrected chi connectivity index (χ3v) is 2.69. The smallest absolute Gasteiger partial charge is 0.0757 e. The molecule has 0 aliphatic heterocycles. The molecule has 1 aromatic rings. The predicted molar refractivity (Wildman–Crippen MR) is 67.8 cm³/mol. The van der Waals surface area contributed by atoms with Crippen LogP contribution in [-0.4, -0.2) is 35.3 Å². The average molecular weight is 240 g/mol. The molecular weight excluding hydrogens is 216 g/mol. The highest BCUT2D eigenvalue weighted by atomic mass is 16.5. The first-order chi connectivity index (χ1) is 8.33. The van der Waals surface area contributed by atoms with Crippen LogP contribution in [0.1, 0.15) is 44.8 Å². The van der Waals surface area contributed by atoms with Gasteiger partial charge in [0.2, 0.25) is 0 Å². The van der Waals surface area contributed by atoms with E-state index >= 15 is 0 Å². The monoisotopic (exact) mass is 240 g/mol. The van der Waals surface area contributed by atoms with Gasteiger partial charge in [-0.2, -0.15) is 0 Å². The maximum atomic E-state index is 5.16. The largest absolute Gasteiger partial charge is 0.385 e. The highest BCUT2D eigenvalue weighted by Crippen LogP contribution is 2.15. The second-order valence-corrected chi connectivity index (χ2v) is 4.17. The van der Waals surface area contributed by atoms with Gasteiger partial charge in [-0.15, -0.1) is 5.10 Å². The lowest BCUT2D eigenvalue weighted by Gasteiger charge is -2.18. The van der Waals surface area contributed by atoms with Crippen molar-refractivity contribution >= 4 is 0 Å². The summed E-state index contributed by atoms with van der Waals surface area (Å²) < 4.78 is 7.15. The molecule has 0 fully saturated rings. The molecular formula is C12H24N4O. The van der Waals surface area contributed by atoms with Gasteiger partial charge in [-0.3, -0.25) is 0 Å². The lowest BCUT2D eigenvalue weighted by molar-refractivity contribution is 0.181. The fraction of sp³-hybridized carbons (Fsp3) is 0.833. The van der Waals surface area contributed by atoms with Crippen molar-refractivity contribution in [3.05, 3.63) is 11.9 Å². The summed E-state index contributed by atoms with van der Waals surface area (Å²) in [6.07, 6.45) is 5.01. The second-order valence-electron chi connectivity index (χ2n) is 4.17. The molecule has 98 valence electrons. The summed E-state index contributed by atoms with van der Waals surface area (Å²) in [4.78, 5) is 0. The van der Waals surface area contributed by atoms with E-state index in [9.17, 15) is 0 Å². The molecule has 0 radical (unpaired) electrons. The van der Waals surface area contributed by atoms with Crippen molar-refractivity contribution in [1.29, 1.82) is 0 Å². The molecule has 0 saturated heterocycles. The number of nitrogens with zero attached hydrogens (tertiary/aromatic N) is 3. The van der Waals surface area contributed by atoms with Crippen LogP contribution in [0.25, 0.3) is 0 Å².